The third-order valence-electron chi connectivity index (χ3n) is 5.01. The number of carbonyl (C=O) groups is 1. The number of unbranched alkanes of at least 4 members (excludes halogenated alkanes) is 2. The van der Waals surface area contributed by atoms with E-state index in [2.05, 4.69) is 0 Å². The number of ether oxygens (including phenoxy) is 1. The zero-order chi connectivity index (χ0) is 23.9. The number of hydrogen-bond acceptors (Lipinski definition) is 5. The molecule has 9 heteroatoms. The SMILES string of the molecule is CCCCN(CCCC)c1cc(C(=O)O)cc(S(=O)(=O)CC)c1Oc1ccc(F)cc1F. The molecule has 0 fully saturated rings. The fourth-order valence-corrected chi connectivity index (χ4v) is 4.20. The van der Waals surface area contributed by atoms with Crippen LogP contribution >= 0.6 is 0 Å². The standard InChI is InChI=1S/C23H29F2NO5S/c1-4-7-11-26(12-8-5-2)19-13-16(23(27)28)14-21(32(29,30)6-3)22(19)31-20-10-9-17(24)15-18(20)25/h9-10,13-15H,4-8,11-12H2,1-3H3,(H,27,28). The minimum Gasteiger partial charge on any atom is -0.478 e. The summed E-state index contributed by atoms with van der Waals surface area (Å²) < 4.78 is 59.2. The maximum absolute atomic E-state index is 14.4. The van der Waals surface area contributed by atoms with Crippen LogP contribution in [0.25, 0.3) is 0 Å². The summed E-state index contributed by atoms with van der Waals surface area (Å²) in [6.45, 7) is 6.51. The molecular formula is C23H29F2NO5S. The molecule has 32 heavy (non-hydrogen) atoms. The monoisotopic (exact) mass is 469 g/mol. The maximum atomic E-state index is 14.4. The Morgan fingerprint density at radius 1 is 1.03 bits per heavy atom. The molecule has 6 nitrogen and oxygen atoms in total. The smallest absolute Gasteiger partial charge is 0.335 e. The Balaban J connectivity index is 2.80. The quantitative estimate of drug-likeness (QED) is 0.432. The number of sulfone groups is 1. The van der Waals surface area contributed by atoms with Crippen molar-refractivity contribution in [3.63, 3.8) is 0 Å². The zero-order valence-electron chi connectivity index (χ0n) is 18.5. The third kappa shape index (κ3) is 6.18. The van der Waals surface area contributed by atoms with Crippen molar-refractivity contribution in [1.29, 1.82) is 0 Å². The van der Waals surface area contributed by atoms with Gasteiger partial charge in [-0.3, -0.25) is 0 Å². The van der Waals surface area contributed by atoms with Crippen LogP contribution in [0.3, 0.4) is 0 Å². The highest BCUT2D eigenvalue weighted by atomic mass is 32.2. The van der Waals surface area contributed by atoms with E-state index in [1.165, 1.54) is 13.0 Å². The van der Waals surface area contributed by atoms with E-state index in [0.29, 0.717) is 19.2 Å². The van der Waals surface area contributed by atoms with Gasteiger partial charge in [0.2, 0.25) is 0 Å². The molecule has 2 aromatic rings. The Bertz CT molecular complexity index is 1050. The van der Waals surface area contributed by atoms with E-state index in [1.54, 1.807) is 0 Å². The molecule has 0 bridgehead atoms. The summed E-state index contributed by atoms with van der Waals surface area (Å²) >= 11 is 0. The van der Waals surface area contributed by atoms with E-state index in [0.717, 1.165) is 43.9 Å². The normalized spacial score (nSPS) is 11.4. The van der Waals surface area contributed by atoms with Gasteiger partial charge in [-0.2, -0.15) is 0 Å². The van der Waals surface area contributed by atoms with Crippen molar-refractivity contribution < 1.29 is 31.8 Å². The number of aromatic carboxylic acids is 1. The molecule has 1 N–H and O–H groups in total. The summed E-state index contributed by atoms with van der Waals surface area (Å²) in [4.78, 5) is 13.3. The summed E-state index contributed by atoms with van der Waals surface area (Å²) in [5, 5.41) is 9.61. The fraction of sp³-hybridized carbons (Fsp3) is 0.435. The fourth-order valence-electron chi connectivity index (χ4n) is 3.15. The lowest BCUT2D eigenvalue weighted by Crippen LogP contribution is -2.27. The number of carboxylic acid groups (broad SMARTS) is 1. The Morgan fingerprint density at radius 2 is 1.66 bits per heavy atom. The van der Waals surface area contributed by atoms with Gasteiger partial charge in [-0.25, -0.2) is 22.0 Å². The van der Waals surface area contributed by atoms with E-state index in [-0.39, 0.29) is 33.4 Å². The average molecular weight is 470 g/mol. The highest BCUT2D eigenvalue weighted by Gasteiger charge is 2.27. The summed E-state index contributed by atoms with van der Waals surface area (Å²) in [6.07, 6.45) is 3.29. The zero-order valence-corrected chi connectivity index (χ0v) is 19.3. The lowest BCUT2D eigenvalue weighted by atomic mass is 10.1. The topological polar surface area (TPSA) is 83.9 Å². The van der Waals surface area contributed by atoms with Crippen molar-refractivity contribution in [3.05, 3.63) is 47.5 Å². The van der Waals surface area contributed by atoms with E-state index < -0.39 is 27.4 Å². The van der Waals surface area contributed by atoms with Crippen molar-refractivity contribution >= 4 is 21.5 Å². The van der Waals surface area contributed by atoms with Gasteiger partial charge < -0.3 is 14.7 Å². The van der Waals surface area contributed by atoms with E-state index in [9.17, 15) is 27.1 Å². The lowest BCUT2D eigenvalue weighted by molar-refractivity contribution is 0.0696. The molecule has 0 aliphatic heterocycles. The predicted molar refractivity (Wildman–Crippen MR) is 120 cm³/mol. The first-order valence-corrected chi connectivity index (χ1v) is 12.3. The van der Waals surface area contributed by atoms with Gasteiger partial charge in [0.25, 0.3) is 0 Å². The Hall–Kier alpha value is -2.68. The van der Waals surface area contributed by atoms with Crippen LogP contribution in [0.1, 0.15) is 56.8 Å². The van der Waals surface area contributed by atoms with Crippen LogP contribution in [0.15, 0.2) is 35.2 Å². The number of carboxylic acids is 1. The molecule has 0 amide bonds. The van der Waals surface area contributed by atoms with Crippen LogP contribution in [-0.4, -0.2) is 38.3 Å². The van der Waals surface area contributed by atoms with Crippen molar-refractivity contribution in [2.24, 2.45) is 0 Å². The largest absolute Gasteiger partial charge is 0.478 e. The molecule has 2 aromatic carbocycles. The number of rotatable bonds is 12. The Morgan fingerprint density at radius 3 is 2.16 bits per heavy atom. The Kier molecular flexibility index (Phi) is 9.00. The molecule has 0 unspecified atom stereocenters. The molecule has 0 aliphatic rings. The van der Waals surface area contributed by atoms with Crippen LogP contribution in [0.4, 0.5) is 14.5 Å². The Labute approximate surface area is 187 Å². The summed E-state index contributed by atoms with van der Waals surface area (Å²) in [7, 11) is -3.93. The molecular weight excluding hydrogens is 440 g/mol. The number of anilines is 1. The van der Waals surface area contributed by atoms with Gasteiger partial charge in [-0.1, -0.05) is 33.6 Å². The maximum Gasteiger partial charge on any atom is 0.335 e. The lowest BCUT2D eigenvalue weighted by Gasteiger charge is -2.28. The molecule has 0 heterocycles. The summed E-state index contributed by atoms with van der Waals surface area (Å²) in [5.74, 6) is -3.90. The predicted octanol–water partition coefficient (Wildman–Crippen LogP) is 5.66. The first kappa shape index (κ1) is 25.6. The van der Waals surface area contributed by atoms with Gasteiger partial charge in [-0.15, -0.1) is 0 Å². The van der Waals surface area contributed by atoms with Gasteiger partial charge in [0.05, 0.1) is 17.0 Å². The number of hydrogen-bond donors (Lipinski definition) is 1. The minimum absolute atomic E-state index is 0.158. The van der Waals surface area contributed by atoms with E-state index in [1.807, 2.05) is 18.7 Å². The van der Waals surface area contributed by atoms with Gasteiger partial charge >= 0.3 is 5.97 Å². The number of benzene rings is 2. The third-order valence-corrected chi connectivity index (χ3v) is 6.74. The first-order valence-electron chi connectivity index (χ1n) is 10.7. The van der Waals surface area contributed by atoms with Gasteiger partial charge in [0, 0.05) is 19.2 Å². The second kappa shape index (κ2) is 11.3. The van der Waals surface area contributed by atoms with Gasteiger partial charge in [0.1, 0.15) is 10.7 Å². The molecule has 0 atom stereocenters. The van der Waals surface area contributed by atoms with Gasteiger partial charge in [0.15, 0.2) is 27.2 Å². The van der Waals surface area contributed by atoms with Crippen molar-refractivity contribution in [3.8, 4) is 11.5 Å². The van der Waals surface area contributed by atoms with E-state index in [4.69, 9.17) is 4.74 Å². The van der Waals surface area contributed by atoms with Crippen LogP contribution < -0.4 is 9.64 Å². The molecule has 0 aromatic heterocycles. The minimum atomic E-state index is -3.93. The van der Waals surface area contributed by atoms with Crippen LogP contribution in [-0.2, 0) is 9.84 Å². The number of nitrogens with zero attached hydrogens (tertiary/aromatic N) is 1. The number of halogens is 2. The van der Waals surface area contributed by atoms with Crippen molar-refractivity contribution in [2.45, 2.75) is 51.3 Å². The van der Waals surface area contributed by atoms with Crippen molar-refractivity contribution in [2.75, 3.05) is 23.7 Å². The van der Waals surface area contributed by atoms with E-state index >= 15 is 0 Å². The molecule has 0 radical (unpaired) electrons. The molecule has 0 spiro atoms. The summed E-state index contributed by atoms with van der Waals surface area (Å²) in [6, 6.07) is 5.09. The highest BCUT2D eigenvalue weighted by Crippen LogP contribution is 2.41. The second-order valence-electron chi connectivity index (χ2n) is 7.40. The molecule has 2 rings (SSSR count). The highest BCUT2D eigenvalue weighted by molar-refractivity contribution is 7.91. The molecule has 0 aliphatic carbocycles. The average Bonchev–Trinajstić information content (AvgIpc) is 2.75. The second-order valence-corrected chi connectivity index (χ2v) is 9.65. The molecule has 0 saturated heterocycles. The van der Waals surface area contributed by atoms with Crippen molar-refractivity contribution in [1.82, 2.24) is 0 Å². The van der Waals surface area contributed by atoms with Gasteiger partial charge in [-0.05, 0) is 37.1 Å². The van der Waals surface area contributed by atoms with Crippen LogP contribution in [0, 0.1) is 11.6 Å². The van der Waals surface area contributed by atoms with Crippen LogP contribution in [0.2, 0.25) is 0 Å². The summed E-state index contributed by atoms with van der Waals surface area (Å²) in [5.41, 5.74) is 0.0412. The molecule has 0 saturated carbocycles. The molecule has 176 valence electrons. The first-order chi connectivity index (χ1) is 15.1. The van der Waals surface area contributed by atoms with Crippen LogP contribution in [0.5, 0.6) is 11.5 Å².